The molecule has 0 aliphatic carbocycles. The van der Waals surface area contributed by atoms with Crippen LogP contribution in [0.1, 0.15) is 22.9 Å². The van der Waals surface area contributed by atoms with Gasteiger partial charge < -0.3 is 15.2 Å². The molecule has 2 heterocycles. The Morgan fingerprint density at radius 1 is 1.47 bits per heavy atom. The van der Waals surface area contributed by atoms with Gasteiger partial charge in [-0.2, -0.15) is 0 Å². The summed E-state index contributed by atoms with van der Waals surface area (Å²) in [6.07, 6.45) is 0.947. The molecule has 1 aliphatic rings. The average Bonchev–Trinajstić information content (AvgIpc) is 2.83. The summed E-state index contributed by atoms with van der Waals surface area (Å²) >= 11 is 0. The fraction of sp³-hybridized carbons (Fsp3) is 0.286. The summed E-state index contributed by atoms with van der Waals surface area (Å²) in [6, 6.07) is 9.37. The van der Waals surface area contributed by atoms with Crippen molar-refractivity contribution in [3.8, 4) is 0 Å². The number of nitrogens with one attached hydrogen (secondary N) is 2. The SMILES string of the molecule is Cc1cc(NC(=O)C2NCCc3ccccc32)no1. The van der Waals surface area contributed by atoms with Crippen molar-refractivity contribution in [1.82, 2.24) is 10.5 Å². The van der Waals surface area contributed by atoms with E-state index >= 15 is 0 Å². The minimum atomic E-state index is -0.332. The lowest BCUT2D eigenvalue weighted by atomic mass is 9.94. The van der Waals surface area contributed by atoms with Crippen LogP contribution in [0.5, 0.6) is 0 Å². The highest BCUT2D eigenvalue weighted by Crippen LogP contribution is 2.23. The molecule has 2 N–H and O–H groups in total. The molecule has 1 amide bonds. The monoisotopic (exact) mass is 257 g/mol. The normalized spacial score (nSPS) is 17.8. The number of anilines is 1. The Bertz CT molecular complexity index is 606. The van der Waals surface area contributed by atoms with Crippen LogP contribution >= 0.6 is 0 Å². The van der Waals surface area contributed by atoms with Gasteiger partial charge in [0.1, 0.15) is 11.8 Å². The number of nitrogens with zero attached hydrogens (tertiary/aromatic N) is 1. The molecular weight excluding hydrogens is 242 g/mol. The van der Waals surface area contributed by atoms with E-state index in [0.717, 1.165) is 18.5 Å². The van der Waals surface area contributed by atoms with E-state index in [0.29, 0.717) is 11.6 Å². The van der Waals surface area contributed by atoms with Crippen molar-refractivity contribution in [2.75, 3.05) is 11.9 Å². The zero-order chi connectivity index (χ0) is 13.2. The maximum absolute atomic E-state index is 12.3. The molecule has 1 aromatic carbocycles. The number of hydrogen-bond acceptors (Lipinski definition) is 4. The van der Waals surface area contributed by atoms with Crippen LogP contribution in [0, 0.1) is 6.92 Å². The third-order valence-corrected chi connectivity index (χ3v) is 3.25. The van der Waals surface area contributed by atoms with Crippen molar-refractivity contribution in [3.63, 3.8) is 0 Å². The lowest BCUT2D eigenvalue weighted by Crippen LogP contribution is -2.38. The highest BCUT2D eigenvalue weighted by molar-refractivity contribution is 5.95. The first-order chi connectivity index (χ1) is 9.24. The fourth-order valence-corrected chi connectivity index (χ4v) is 2.36. The van der Waals surface area contributed by atoms with Crippen LogP contribution in [-0.2, 0) is 11.2 Å². The van der Waals surface area contributed by atoms with Crippen LogP contribution in [0.2, 0.25) is 0 Å². The average molecular weight is 257 g/mol. The van der Waals surface area contributed by atoms with Crippen LogP contribution < -0.4 is 10.6 Å². The van der Waals surface area contributed by atoms with E-state index in [4.69, 9.17) is 4.52 Å². The predicted octanol–water partition coefficient (Wildman–Crippen LogP) is 1.81. The summed E-state index contributed by atoms with van der Waals surface area (Å²) in [4.78, 5) is 12.3. The number of rotatable bonds is 2. The van der Waals surface area contributed by atoms with Crippen LogP contribution in [0.25, 0.3) is 0 Å². The van der Waals surface area contributed by atoms with Crippen molar-refractivity contribution < 1.29 is 9.32 Å². The van der Waals surface area contributed by atoms with Gasteiger partial charge in [0.15, 0.2) is 5.82 Å². The molecule has 1 atom stereocenters. The van der Waals surface area contributed by atoms with Gasteiger partial charge in [-0.15, -0.1) is 0 Å². The van der Waals surface area contributed by atoms with Gasteiger partial charge in [0, 0.05) is 12.6 Å². The smallest absolute Gasteiger partial charge is 0.247 e. The molecule has 0 spiro atoms. The van der Waals surface area contributed by atoms with Crippen molar-refractivity contribution in [2.45, 2.75) is 19.4 Å². The zero-order valence-electron chi connectivity index (χ0n) is 10.6. The molecule has 5 heteroatoms. The van der Waals surface area contributed by atoms with Gasteiger partial charge in [-0.25, -0.2) is 0 Å². The van der Waals surface area contributed by atoms with Crippen LogP contribution in [0.3, 0.4) is 0 Å². The quantitative estimate of drug-likeness (QED) is 0.861. The summed E-state index contributed by atoms with van der Waals surface area (Å²) in [5, 5.41) is 9.77. The molecule has 19 heavy (non-hydrogen) atoms. The van der Waals surface area contributed by atoms with Gasteiger partial charge in [0.25, 0.3) is 0 Å². The molecule has 0 bridgehead atoms. The lowest BCUT2D eigenvalue weighted by molar-refractivity contribution is -0.118. The Hall–Kier alpha value is -2.14. The molecule has 2 aromatic rings. The number of benzene rings is 1. The molecule has 1 aromatic heterocycles. The predicted molar refractivity (Wildman–Crippen MR) is 70.8 cm³/mol. The molecular formula is C14H15N3O2. The Labute approximate surface area is 111 Å². The second-order valence-electron chi connectivity index (χ2n) is 4.65. The lowest BCUT2D eigenvalue weighted by Gasteiger charge is -2.25. The van der Waals surface area contributed by atoms with Crippen molar-refractivity contribution in [3.05, 3.63) is 47.2 Å². The maximum Gasteiger partial charge on any atom is 0.247 e. The molecule has 1 unspecified atom stereocenters. The summed E-state index contributed by atoms with van der Waals surface area (Å²) in [5.74, 6) is 1.01. The number of hydrogen-bond donors (Lipinski definition) is 2. The first-order valence-corrected chi connectivity index (χ1v) is 6.29. The largest absolute Gasteiger partial charge is 0.360 e. The van der Waals surface area contributed by atoms with Gasteiger partial charge >= 0.3 is 0 Å². The standard InChI is InChI=1S/C14H15N3O2/c1-9-8-12(17-19-9)16-14(18)13-11-5-3-2-4-10(11)6-7-15-13/h2-5,8,13,15H,6-7H2,1H3,(H,16,17,18). The number of amides is 1. The first kappa shape index (κ1) is 11.9. The van der Waals surface area contributed by atoms with Gasteiger partial charge in [-0.1, -0.05) is 29.4 Å². The molecule has 0 saturated carbocycles. The Kier molecular flexibility index (Phi) is 3.05. The molecule has 98 valence electrons. The first-order valence-electron chi connectivity index (χ1n) is 6.29. The van der Waals surface area contributed by atoms with E-state index in [9.17, 15) is 4.79 Å². The van der Waals surface area contributed by atoms with Crippen molar-refractivity contribution in [2.24, 2.45) is 0 Å². The second-order valence-corrected chi connectivity index (χ2v) is 4.65. The van der Waals surface area contributed by atoms with E-state index in [-0.39, 0.29) is 11.9 Å². The van der Waals surface area contributed by atoms with E-state index in [1.165, 1.54) is 5.56 Å². The molecule has 0 saturated heterocycles. The van der Waals surface area contributed by atoms with Crippen LogP contribution in [0.4, 0.5) is 5.82 Å². The Morgan fingerprint density at radius 2 is 2.32 bits per heavy atom. The number of aryl methyl sites for hydroxylation is 1. The third-order valence-electron chi connectivity index (χ3n) is 3.25. The van der Waals surface area contributed by atoms with E-state index < -0.39 is 0 Å². The summed E-state index contributed by atoms with van der Waals surface area (Å²) in [6.45, 7) is 2.59. The molecule has 0 fully saturated rings. The van der Waals surface area contributed by atoms with Crippen molar-refractivity contribution in [1.29, 1.82) is 0 Å². The third kappa shape index (κ3) is 2.37. The summed E-state index contributed by atoms with van der Waals surface area (Å²) in [5.41, 5.74) is 2.25. The minimum absolute atomic E-state index is 0.111. The fourth-order valence-electron chi connectivity index (χ4n) is 2.36. The van der Waals surface area contributed by atoms with E-state index in [1.807, 2.05) is 18.2 Å². The number of carbonyl (C=O) groups excluding carboxylic acids is 1. The number of aromatic nitrogens is 1. The second kappa shape index (κ2) is 4.85. The summed E-state index contributed by atoms with van der Waals surface area (Å²) in [7, 11) is 0. The van der Waals surface area contributed by atoms with Crippen LogP contribution in [0.15, 0.2) is 34.9 Å². The van der Waals surface area contributed by atoms with Gasteiger partial charge in [-0.05, 0) is 24.5 Å². The molecule has 0 radical (unpaired) electrons. The number of carbonyl (C=O) groups is 1. The van der Waals surface area contributed by atoms with Crippen LogP contribution in [-0.4, -0.2) is 17.6 Å². The topological polar surface area (TPSA) is 67.2 Å². The number of fused-ring (bicyclic) bond motifs is 1. The molecule has 3 rings (SSSR count). The van der Waals surface area contributed by atoms with Gasteiger partial charge in [0.05, 0.1) is 0 Å². The highest BCUT2D eigenvalue weighted by atomic mass is 16.5. The molecule has 5 nitrogen and oxygen atoms in total. The highest BCUT2D eigenvalue weighted by Gasteiger charge is 2.26. The maximum atomic E-state index is 12.3. The minimum Gasteiger partial charge on any atom is -0.360 e. The molecule has 1 aliphatic heterocycles. The van der Waals surface area contributed by atoms with Crippen molar-refractivity contribution >= 4 is 11.7 Å². The Balaban J connectivity index is 1.81. The zero-order valence-corrected chi connectivity index (χ0v) is 10.6. The van der Waals surface area contributed by atoms with Gasteiger partial charge in [-0.3, -0.25) is 4.79 Å². The van der Waals surface area contributed by atoms with Gasteiger partial charge in [0.2, 0.25) is 5.91 Å². The van der Waals surface area contributed by atoms with E-state index in [2.05, 4.69) is 21.9 Å². The summed E-state index contributed by atoms with van der Waals surface area (Å²) < 4.78 is 4.94. The Morgan fingerprint density at radius 3 is 3.11 bits per heavy atom. The van der Waals surface area contributed by atoms with E-state index in [1.54, 1.807) is 13.0 Å².